The summed E-state index contributed by atoms with van der Waals surface area (Å²) in [5, 5.41) is 12.4. The molecule has 0 saturated heterocycles. The fraction of sp³-hybridized carbons (Fsp3) is 0.235. The summed E-state index contributed by atoms with van der Waals surface area (Å²) >= 11 is 3.40. The molecular weight excluding hydrogens is 346 g/mol. The van der Waals surface area contributed by atoms with E-state index in [0.29, 0.717) is 18.8 Å². The molecule has 0 aromatic heterocycles. The Morgan fingerprint density at radius 3 is 2.50 bits per heavy atom. The van der Waals surface area contributed by atoms with E-state index in [1.165, 1.54) is 5.56 Å². The van der Waals surface area contributed by atoms with E-state index < -0.39 is 5.97 Å². The van der Waals surface area contributed by atoms with Crippen molar-refractivity contribution in [3.63, 3.8) is 0 Å². The number of ether oxygens (including phenoxy) is 1. The lowest BCUT2D eigenvalue weighted by Gasteiger charge is -2.13. The highest BCUT2D eigenvalue weighted by Gasteiger charge is 2.13. The molecule has 0 saturated carbocycles. The van der Waals surface area contributed by atoms with E-state index >= 15 is 0 Å². The summed E-state index contributed by atoms with van der Waals surface area (Å²) in [4.78, 5) is 11.3. The van der Waals surface area contributed by atoms with Crippen molar-refractivity contribution in [2.75, 3.05) is 18.5 Å². The molecule has 2 N–H and O–H groups in total. The van der Waals surface area contributed by atoms with E-state index in [0.717, 1.165) is 15.8 Å². The van der Waals surface area contributed by atoms with Crippen LogP contribution >= 0.6 is 15.9 Å². The molecule has 116 valence electrons. The molecular formula is C17H18BrNO3. The molecule has 22 heavy (non-hydrogen) atoms. The maximum Gasteiger partial charge on any atom is 0.337 e. The van der Waals surface area contributed by atoms with E-state index in [4.69, 9.17) is 4.74 Å². The number of hydrogen-bond acceptors (Lipinski definition) is 3. The van der Waals surface area contributed by atoms with Gasteiger partial charge in [0.2, 0.25) is 0 Å². The minimum atomic E-state index is -0.952. The molecule has 0 aliphatic heterocycles. The van der Waals surface area contributed by atoms with E-state index in [1.54, 1.807) is 6.07 Å². The molecule has 2 aromatic rings. The van der Waals surface area contributed by atoms with Crippen LogP contribution in [0, 0.1) is 13.8 Å². The molecule has 0 atom stereocenters. The van der Waals surface area contributed by atoms with Crippen LogP contribution in [0.4, 0.5) is 5.69 Å². The second kappa shape index (κ2) is 7.31. The van der Waals surface area contributed by atoms with Crippen molar-refractivity contribution in [2.45, 2.75) is 13.8 Å². The molecule has 0 aliphatic rings. The van der Waals surface area contributed by atoms with Crippen molar-refractivity contribution in [3.05, 3.63) is 57.6 Å². The molecule has 0 radical (unpaired) electrons. The highest BCUT2D eigenvalue weighted by molar-refractivity contribution is 9.10. The fourth-order valence-electron chi connectivity index (χ4n) is 2.07. The van der Waals surface area contributed by atoms with Crippen molar-refractivity contribution in [3.8, 4) is 5.75 Å². The number of carboxylic acid groups (broad SMARTS) is 1. The Kier molecular flexibility index (Phi) is 5.44. The monoisotopic (exact) mass is 363 g/mol. The minimum Gasteiger partial charge on any atom is -0.492 e. The number of anilines is 1. The van der Waals surface area contributed by atoms with Gasteiger partial charge in [-0.3, -0.25) is 0 Å². The number of hydrogen-bond donors (Lipinski definition) is 2. The first-order chi connectivity index (χ1) is 10.5. The van der Waals surface area contributed by atoms with E-state index in [1.807, 2.05) is 44.2 Å². The molecule has 5 heteroatoms. The average Bonchev–Trinajstić information content (AvgIpc) is 2.46. The number of rotatable bonds is 6. The van der Waals surface area contributed by atoms with Crippen LogP contribution in [0.3, 0.4) is 0 Å². The zero-order chi connectivity index (χ0) is 16.1. The topological polar surface area (TPSA) is 58.6 Å². The number of halogens is 1. The third-order valence-corrected chi connectivity index (χ3v) is 3.78. The van der Waals surface area contributed by atoms with Gasteiger partial charge < -0.3 is 15.2 Å². The van der Waals surface area contributed by atoms with Gasteiger partial charge in [0.05, 0.1) is 11.3 Å². The summed E-state index contributed by atoms with van der Waals surface area (Å²) in [6.07, 6.45) is 0. The Balaban J connectivity index is 1.97. The zero-order valence-corrected chi connectivity index (χ0v) is 14.1. The van der Waals surface area contributed by atoms with Crippen LogP contribution in [0.5, 0.6) is 5.75 Å². The Morgan fingerprint density at radius 2 is 1.86 bits per heavy atom. The van der Waals surface area contributed by atoms with E-state index in [-0.39, 0.29) is 5.56 Å². The Bertz CT molecular complexity index is 668. The lowest BCUT2D eigenvalue weighted by molar-refractivity contribution is 0.0697. The quantitative estimate of drug-likeness (QED) is 0.753. The van der Waals surface area contributed by atoms with Crippen LogP contribution in [0.25, 0.3) is 0 Å². The van der Waals surface area contributed by atoms with E-state index in [2.05, 4.69) is 21.2 Å². The highest BCUT2D eigenvalue weighted by atomic mass is 79.9. The molecule has 0 bridgehead atoms. The summed E-state index contributed by atoms with van der Waals surface area (Å²) < 4.78 is 6.36. The number of aryl methyl sites for hydroxylation is 2. The summed E-state index contributed by atoms with van der Waals surface area (Å²) in [7, 11) is 0. The molecule has 0 unspecified atom stereocenters. The van der Waals surface area contributed by atoms with Crippen molar-refractivity contribution in [1.82, 2.24) is 0 Å². The third kappa shape index (κ3) is 4.24. The van der Waals surface area contributed by atoms with Gasteiger partial charge in [-0.25, -0.2) is 4.79 Å². The van der Waals surface area contributed by atoms with Crippen LogP contribution in [-0.4, -0.2) is 24.2 Å². The van der Waals surface area contributed by atoms with Gasteiger partial charge in [-0.05, 0) is 59.6 Å². The molecule has 2 rings (SSSR count). The lowest BCUT2D eigenvalue weighted by Crippen LogP contribution is -2.14. The first-order valence-corrected chi connectivity index (χ1v) is 7.73. The molecule has 4 nitrogen and oxygen atoms in total. The smallest absolute Gasteiger partial charge is 0.337 e. The second-order valence-corrected chi connectivity index (χ2v) is 5.92. The van der Waals surface area contributed by atoms with Crippen LogP contribution < -0.4 is 10.1 Å². The SMILES string of the molecule is Cc1ccc(OCCNc2c(Br)cc(C)cc2C(=O)O)cc1. The second-order valence-electron chi connectivity index (χ2n) is 5.06. The summed E-state index contributed by atoms with van der Waals surface area (Å²) in [5.41, 5.74) is 2.90. The highest BCUT2D eigenvalue weighted by Crippen LogP contribution is 2.28. The Labute approximate surface area is 138 Å². The lowest BCUT2D eigenvalue weighted by atomic mass is 10.1. The minimum absolute atomic E-state index is 0.252. The van der Waals surface area contributed by atoms with Crippen molar-refractivity contribution in [1.29, 1.82) is 0 Å². The van der Waals surface area contributed by atoms with Gasteiger partial charge >= 0.3 is 5.97 Å². The number of nitrogens with one attached hydrogen (secondary N) is 1. The Morgan fingerprint density at radius 1 is 1.18 bits per heavy atom. The van der Waals surface area contributed by atoms with Gasteiger partial charge in [-0.2, -0.15) is 0 Å². The van der Waals surface area contributed by atoms with Gasteiger partial charge in [-0.15, -0.1) is 0 Å². The molecule has 0 amide bonds. The Hall–Kier alpha value is -2.01. The normalized spacial score (nSPS) is 10.3. The summed E-state index contributed by atoms with van der Waals surface area (Å²) in [5.74, 6) is -0.153. The van der Waals surface area contributed by atoms with Gasteiger partial charge in [0.15, 0.2) is 0 Å². The molecule has 0 spiro atoms. The molecule has 2 aromatic carbocycles. The standard InChI is InChI=1S/C17H18BrNO3/c1-11-3-5-13(6-4-11)22-8-7-19-16-14(17(20)21)9-12(2)10-15(16)18/h3-6,9-10,19H,7-8H2,1-2H3,(H,20,21). The summed E-state index contributed by atoms with van der Waals surface area (Å²) in [6.45, 7) is 4.84. The zero-order valence-electron chi connectivity index (χ0n) is 12.5. The first-order valence-electron chi connectivity index (χ1n) is 6.94. The maximum absolute atomic E-state index is 11.3. The number of carboxylic acids is 1. The number of carbonyl (C=O) groups is 1. The van der Waals surface area contributed by atoms with Crippen molar-refractivity contribution in [2.24, 2.45) is 0 Å². The van der Waals surface area contributed by atoms with Gasteiger partial charge in [0.1, 0.15) is 12.4 Å². The molecule has 0 aliphatic carbocycles. The number of aromatic carboxylic acids is 1. The van der Waals surface area contributed by atoms with Crippen molar-refractivity contribution >= 4 is 27.6 Å². The van der Waals surface area contributed by atoms with E-state index in [9.17, 15) is 9.90 Å². The largest absolute Gasteiger partial charge is 0.492 e. The predicted octanol–water partition coefficient (Wildman–Crippen LogP) is 4.26. The van der Waals surface area contributed by atoms with Crippen LogP contribution in [-0.2, 0) is 0 Å². The van der Waals surface area contributed by atoms with Gasteiger partial charge in [0.25, 0.3) is 0 Å². The van der Waals surface area contributed by atoms with Crippen LogP contribution in [0.15, 0.2) is 40.9 Å². The van der Waals surface area contributed by atoms with Crippen LogP contribution in [0.1, 0.15) is 21.5 Å². The molecule has 0 heterocycles. The maximum atomic E-state index is 11.3. The van der Waals surface area contributed by atoms with Gasteiger partial charge in [0, 0.05) is 11.0 Å². The average molecular weight is 364 g/mol. The van der Waals surface area contributed by atoms with Gasteiger partial charge in [-0.1, -0.05) is 17.7 Å². The van der Waals surface area contributed by atoms with Crippen LogP contribution in [0.2, 0.25) is 0 Å². The third-order valence-electron chi connectivity index (χ3n) is 3.16. The molecule has 0 fully saturated rings. The summed E-state index contributed by atoms with van der Waals surface area (Å²) in [6, 6.07) is 11.3. The van der Waals surface area contributed by atoms with Crippen molar-refractivity contribution < 1.29 is 14.6 Å². The predicted molar refractivity (Wildman–Crippen MR) is 91.0 cm³/mol. The fourth-order valence-corrected chi connectivity index (χ4v) is 2.78. The number of benzene rings is 2. The first kappa shape index (κ1) is 16.4.